The smallest absolute Gasteiger partial charge is 0.272 e. The van der Waals surface area contributed by atoms with Gasteiger partial charge in [-0.2, -0.15) is 0 Å². The van der Waals surface area contributed by atoms with Gasteiger partial charge in [-0.3, -0.25) is 14.4 Å². The Balaban J connectivity index is 1.46. The van der Waals surface area contributed by atoms with Crippen LogP contribution >= 0.6 is 23.4 Å². The van der Waals surface area contributed by atoms with Crippen molar-refractivity contribution in [2.45, 2.75) is 11.8 Å². The van der Waals surface area contributed by atoms with Crippen LogP contribution in [-0.4, -0.2) is 30.6 Å². The quantitative estimate of drug-likeness (QED) is 0.135. The molecular formula is C32H27ClFN3O4S. The Labute approximate surface area is 252 Å². The van der Waals surface area contributed by atoms with Gasteiger partial charge in [-0.1, -0.05) is 54.1 Å². The van der Waals surface area contributed by atoms with Crippen LogP contribution in [0.15, 0.2) is 102 Å². The first-order valence-electron chi connectivity index (χ1n) is 12.7. The number of ether oxygens (including phenoxy) is 1. The van der Waals surface area contributed by atoms with E-state index >= 15 is 0 Å². The molecule has 3 amide bonds. The highest BCUT2D eigenvalue weighted by Crippen LogP contribution is 2.31. The fourth-order valence-electron chi connectivity index (χ4n) is 3.82. The van der Waals surface area contributed by atoms with Gasteiger partial charge >= 0.3 is 0 Å². The SMILES string of the molecule is COc1cc(Cl)c(C)cc1NC(=O)CSc1cccc(NC(=O)/C(=C/c2ccccc2F)NC(=O)c2ccccc2)c1. The number of hydrogen-bond donors (Lipinski definition) is 3. The number of anilines is 2. The van der Waals surface area contributed by atoms with Crippen molar-refractivity contribution in [3.63, 3.8) is 0 Å². The van der Waals surface area contributed by atoms with Gasteiger partial charge in [0.25, 0.3) is 11.8 Å². The summed E-state index contributed by atoms with van der Waals surface area (Å²) in [6, 6.07) is 24.6. The molecule has 0 unspecified atom stereocenters. The minimum absolute atomic E-state index is 0.0911. The second-order valence-electron chi connectivity index (χ2n) is 9.02. The number of thioether (sulfide) groups is 1. The molecule has 0 aromatic heterocycles. The topological polar surface area (TPSA) is 96.5 Å². The third-order valence-corrected chi connectivity index (χ3v) is 7.35. The van der Waals surface area contributed by atoms with E-state index in [1.165, 1.54) is 43.1 Å². The highest BCUT2D eigenvalue weighted by atomic mass is 35.5. The number of carbonyl (C=O) groups is 3. The van der Waals surface area contributed by atoms with Crippen LogP contribution in [0.1, 0.15) is 21.5 Å². The van der Waals surface area contributed by atoms with Crippen LogP contribution in [0.5, 0.6) is 5.75 Å². The van der Waals surface area contributed by atoms with Gasteiger partial charge in [0.1, 0.15) is 17.3 Å². The van der Waals surface area contributed by atoms with E-state index in [-0.39, 0.29) is 22.9 Å². The van der Waals surface area contributed by atoms with Gasteiger partial charge < -0.3 is 20.7 Å². The van der Waals surface area contributed by atoms with Crippen molar-refractivity contribution in [2.24, 2.45) is 0 Å². The van der Waals surface area contributed by atoms with Crippen LogP contribution in [0.3, 0.4) is 0 Å². The van der Waals surface area contributed by atoms with Crippen molar-refractivity contribution in [1.82, 2.24) is 5.32 Å². The van der Waals surface area contributed by atoms with Gasteiger partial charge in [-0.15, -0.1) is 11.8 Å². The van der Waals surface area contributed by atoms with Crippen LogP contribution in [-0.2, 0) is 9.59 Å². The zero-order chi connectivity index (χ0) is 30.1. The number of benzene rings is 4. The second kappa shape index (κ2) is 14.3. The summed E-state index contributed by atoms with van der Waals surface area (Å²) in [6.07, 6.45) is 1.28. The van der Waals surface area contributed by atoms with Gasteiger partial charge in [-0.25, -0.2) is 4.39 Å². The maximum Gasteiger partial charge on any atom is 0.272 e. The normalized spacial score (nSPS) is 11.0. The summed E-state index contributed by atoms with van der Waals surface area (Å²) in [5, 5.41) is 8.70. The predicted octanol–water partition coefficient (Wildman–Crippen LogP) is 6.94. The number of hydrogen-bond acceptors (Lipinski definition) is 5. The summed E-state index contributed by atoms with van der Waals surface area (Å²) in [7, 11) is 1.50. The van der Waals surface area contributed by atoms with Crippen LogP contribution in [0, 0.1) is 12.7 Å². The second-order valence-corrected chi connectivity index (χ2v) is 10.5. The van der Waals surface area contributed by atoms with E-state index < -0.39 is 17.6 Å². The maximum atomic E-state index is 14.4. The molecule has 0 radical (unpaired) electrons. The lowest BCUT2D eigenvalue weighted by Crippen LogP contribution is -2.30. The molecule has 4 aromatic carbocycles. The number of halogens is 2. The summed E-state index contributed by atoms with van der Waals surface area (Å²) >= 11 is 7.41. The molecule has 0 aliphatic carbocycles. The fraction of sp³-hybridized carbons (Fsp3) is 0.0938. The number of amides is 3. The van der Waals surface area contributed by atoms with Gasteiger partial charge in [0.15, 0.2) is 0 Å². The first kappa shape index (κ1) is 30.4. The molecule has 4 rings (SSSR count). The van der Waals surface area contributed by atoms with E-state index in [4.69, 9.17) is 16.3 Å². The lowest BCUT2D eigenvalue weighted by Gasteiger charge is -2.13. The third-order valence-electron chi connectivity index (χ3n) is 5.95. The Bertz CT molecular complexity index is 1650. The molecule has 7 nitrogen and oxygen atoms in total. The average Bonchev–Trinajstić information content (AvgIpc) is 2.99. The van der Waals surface area contributed by atoms with Gasteiger partial charge in [0.05, 0.1) is 18.6 Å². The molecule has 10 heteroatoms. The summed E-state index contributed by atoms with van der Waals surface area (Å²) in [6.45, 7) is 1.83. The maximum absolute atomic E-state index is 14.4. The molecule has 0 aliphatic heterocycles. The van der Waals surface area contributed by atoms with Crippen LogP contribution < -0.4 is 20.7 Å². The Morgan fingerprint density at radius 1 is 0.929 bits per heavy atom. The van der Waals surface area contributed by atoms with Crippen molar-refractivity contribution in [1.29, 1.82) is 0 Å². The molecule has 0 aliphatic rings. The van der Waals surface area contributed by atoms with Crippen molar-refractivity contribution in [3.05, 3.63) is 124 Å². The number of carbonyl (C=O) groups excluding carboxylic acids is 3. The molecule has 42 heavy (non-hydrogen) atoms. The van der Waals surface area contributed by atoms with Gasteiger partial charge in [0.2, 0.25) is 5.91 Å². The van der Waals surface area contributed by atoms with Gasteiger partial charge in [-0.05, 0) is 61.0 Å². The minimum Gasteiger partial charge on any atom is -0.495 e. The van der Waals surface area contributed by atoms with Crippen molar-refractivity contribution in [2.75, 3.05) is 23.5 Å². The Morgan fingerprint density at radius 2 is 1.67 bits per heavy atom. The molecule has 0 heterocycles. The lowest BCUT2D eigenvalue weighted by atomic mass is 10.1. The Kier molecular flexibility index (Phi) is 10.4. The average molecular weight is 604 g/mol. The lowest BCUT2D eigenvalue weighted by molar-refractivity contribution is -0.114. The van der Waals surface area contributed by atoms with Crippen molar-refractivity contribution < 1.29 is 23.5 Å². The molecular weight excluding hydrogens is 577 g/mol. The van der Waals surface area contributed by atoms with Crippen LogP contribution in [0.2, 0.25) is 5.02 Å². The van der Waals surface area contributed by atoms with Gasteiger partial charge in [0, 0.05) is 32.8 Å². The first-order chi connectivity index (χ1) is 20.2. The standard InChI is InChI=1S/C32H27ClFN3O4S/c1-20-15-27(29(41-2)18-25(20)33)36-30(38)19-42-24-13-8-12-23(17-24)35-32(40)28(16-22-11-6-7-14-26(22)34)37-31(39)21-9-4-3-5-10-21/h3-18H,19H2,1-2H3,(H,35,40)(H,36,38)(H,37,39)/b28-16-. The number of nitrogens with one attached hydrogen (secondary N) is 3. The molecule has 0 atom stereocenters. The molecule has 0 saturated heterocycles. The first-order valence-corrected chi connectivity index (χ1v) is 14.1. The number of aryl methyl sites for hydroxylation is 1. The Hall–Kier alpha value is -4.60. The van der Waals surface area contributed by atoms with E-state index in [0.717, 1.165) is 10.5 Å². The van der Waals surface area contributed by atoms with E-state index in [1.807, 2.05) is 6.92 Å². The van der Waals surface area contributed by atoms with E-state index in [0.29, 0.717) is 27.7 Å². The highest BCUT2D eigenvalue weighted by molar-refractivity contribution is 8.00. The minimum atomic E-state index is -0.646. The molecule has 0 saturated carbocycles. The number of rotatable bonds is 10. The van der Waals surface area contributed by atoms with E-state index in [2.05, 4.69) is 16.0 Å². The molecule has 214 valence electrons. The summed E-state index contributed by atoms with van der Waals surface area (Å²) in [5.74, 6) is -1.42. The van der Waals surface area contributed by atoms with Crippen molar-refractivity contribution in [3.8, 4) is 5.75 Å². The predicted molar refractivity (Wildman–Crippen MR) is 165 cm³/mol. The number of methoxy groups -OCH3 is 1. The zero-order valence-corrected chi connectivity index (χ0v) is 24.3. The van der Waals surface area contributed by atoms with Crippen LogP contribution in [0.25, 0.3) is 6.08 Å². The molecule has 4 aromatic rings. The summed E-state index contributed by atoms with van der Waals surface area (Å²) in [4.78, 5) is 39.5. The summed E-state index contributed by atoms with van der Waals surface area (Å²) < 4.78 is 19.7. The monoisotopic (exact) mass is 603 g/mol. The largest absolute Gasteiger partial charge is 0.495 e. The summed E-state index contributed by atoms with van der Waals surface area (Å²) in [5.41, 5.74) is 2.07. The zero-order valence-electron chi connectivity index (χ0n) is 22.7. The molecule has 0 bridgehead atoms. The van der Waals surface area contributed by atoms with Crippen LogP contribution in [0.4, 0.5) is 15.8 Å². The Morgan fingerprint density at radius 3 is 2.40 bits per heavy atom. The fourth-order valence-corrected chi connectivity index (χ4v) is 4.73. The van der Waals surface area contributed by atoms with Crippen molar-refractivity contribution >= 4 is 58.5 Å². The third kappa shape index (κ3) is 8.22. The molecule has 3 N–H and O–H groups in total. The van der Waals surface area contributed by atoms with E-state index in [1.54, 1.807) is 72.8 Å². The van der Waals surface area contributed by atoms with E-state index in [9.17, 15) is 18.8 Å². The molecule has 0 fully saturated rings. The highest BCUT2D eigenvalue weighted by Gasteiger charge is 2.17. The molecule has 0 spiro atoms.